The van der Waals surface area contributed by atoms with Crippen molar-refractivity contribution in [2.75, 3.05) is 38.6 Å². The van der Waals surface area contributed by atoms with E-state index in [0.29, 0.717) is 16.5 Å². The Morgan fingerprint density at radius 3 is 2.94 bits per heavy atom. The van der Waals surface area contributed by atoms with Crippen molar-refractivity contribution in [1.29, 1.82) is 0 Å². The van der Waals surface area contributed by atoms with E-state index in [1.54, 1.807) is 12.1 Å². The second kappa shape index (κ2) is 5.72. The maximum atomic E-state index is 11.1. The lowest BCUT2D eigenvalue weighted by molar-refractivity contribution is 0.112. The van der Waals surface area contributed by atoms with Crippen molar-refractivity contribution in [2.24, 2.45) is 5.92 Å². The van der Waals surface area contributed by atoms with Crippen LogP contribution in [-0.2, 0) is 0 Å². The van der Waals surface area contributed by atoms with E-state index in [4.69, 9.17) is 11.6 Å². The maximum absolute atomic E-state index is 11.1. The highest BCUT2D eigenvalue weighted by molar-refractivity contribution is 6.31. The molecule has 4 heteroatoms. The van der Waals surface area contributed by atoms with E-state index in [1.165, 1.54) is 6.42 Å². The normalized spacial score (nSPS) is 20.1. The van der Waals surface area contributed by atoms with E-state index in [1.807, 2.05) is 13.1 Å². The van der Waals surface area contributed by atoms with Crippen LogP contribution >= 0.6 is 11.6 Å². The van der Waals surface area contributed by atoms with Crippen LogP contribution < -0.4 is 4.90 Å². The largest absolute Gasteiger partial charge is 0.374 e. The molecule has 0 amide bonds. The number of hydrogen-bond acceptors (Lipinski definition) is 3. The second-order valence-corrected chi connectivity index (χ2v) is 5.55. The molecule has 0 spiro atoms. The molecule has 0 aromatic heterocycles. The van der Waals surface area contributed by atoms with Gasteiger partial charge in [0, 0.05) is 36.4 Å². The molecule has 1 aliphatic rings. The number of hydrogen-bond donors (Lipinski definition) is 0. The molecular formula is C14H19ClN2O. The van der Waals surface area contributed by atoms with Crippen LogP contribution in [0.5, 0.6) is 0 Å². The Hall–Kier alpha value is -1.06. The van der Waals surface area contributed by atoms with Crippen LogP contribution in [0.15, 0.2) is 18.2 Å². The van der Waals surface area contributed by atoms with E-state index in [2.05, 4.69) is 16.8 Å². The van der Waals surface area contributed by atoms with Crippen LogP contribution in [0, 0.1) is 5.92 Å². The van der Waals surface area contributed by atoms with Gasteiger partial charge in [0.15, 0.2) is 6.29 Å². The van der Waals surface area contributed by atoms with Gasteiger partial charge in [0.25, 0.3) is 0 Å². The number of rotatable bonds is 4. The van der Waals surface area contributed by atoms with E-state index in [-0.39, 0.29) is 0 Å². The van der Waals surface area contributed by atoms with Crippen molar-refractivity contribution in [3.63, 3.8) is 0 Å². The third-order valence-electron chi connectivity index (χ3n) is 3.55. The van der Waals surface area contributed by atoms with Crippen molar-refractivity contribution in [3.05, 3.63) is 28.8 Å². The Balaban J connectivity index is 2.10. The molecule has 1 aromatic carbocycles. The van der Waals surface area contributed by atoms with Gasteiger partial charge in [0.1, 0.15) is 0 Å². The first-order chi connectivity index (χ1) is 8.60. The van der Waals surface area contributed by atoms with Gasteiger partial charge in [-0.05, 0) is 44.1 Å². The molecule has 1 saturated heterocycles. The summed E-state index contributed by atoms with van der Waals surface area (Å²) in [4.78, 5) is 15.5. The summed E-state index contributed by atoms with van der Waals surface area (Å²) in [5.74, 6) is 0.665. The van der Waals surface area contributed by atoms with Gasteiger partial charge in [0.2, 0.25) is 0 Å². The number of carbonyl (C=O) groups is 1. The number of carbonyl (C=O) groups excluding carboxylic acids is 1. The number of anilines is 1. The van der Waals surface area contributed by atoms with E-state index in [0.717, 1.165) is 31.6 Å². The number of aldehydes is 1. The minimum absolute atomic E-state index is 0.665. The van der Waals surface area contributed by atoms with E-state index < -0.39 is 0 Å². The first-order valence-electron chi connectivity index (χ1n) is 6.24. The molecule has 0 saturated carbocycles. The summed E-state index contributed by atoms with van der Waals surface area (Å²) in [7, 11) is 4.17. The first kappa shape index (κ1) is 13.4. The number of benzene rings is 1. The minimum Gasteiger partial charge on any atom is -0.374 e. The van der Waals surface area contributed by atoms with Gasteiger partial charge in [-0.25, -0.2) is 0 Å². The lowest BCUT2D eigenvalue weighted by Gasteiger charge is -2.24. The highest BCUT2D eigenvalue weighted by Gasteiger charge is 2.21. The zero-order chi connectivity index (χ0) is 13.1. The molecular weight excluding hydrogens is 248 g/mol. The quantitative estimate of drug-likeness (QED) is 0.783. The third kappa shape index (κ3) is 3.03. The molecule has 1 unspecified atom stereocenters. The summed E-state index contributed by atoms with van der Waals surface area (Å²) in [6, 6.07) is 5.40. The van der Waals surface area contributed by atoms with Gasteiger partial charge in [-0.3, -0.25) is 4.79 Å². The molecule has 1 aromatic rings. The molecule has 0 radical (unpaired) electrons. The van der Waals surface area contributed by atoms with Gasteiger partial charge >= 0.3 is 0 Å². The summed E-state index contributed by atoms with van der Waals surface area (Å²) in [5, 5.41) is 0.672. The van der Waals surface area contributed by atoms with Crippen molar-refractivity contribution in [2.45, 2.75) is 6.42 Å². The highest BCUT2D eigenvalue weighted by atomic mass is 35.5. The molecule has 1 heterocycles. The van der Waals surface area contributed by atoms with Gasteiger partial charge in [-0.2, -0.15) is 0 Å². The standard InChI is InChI=1S/C14H19ClN2O/c1-16-6-5-11(8-16)9-17(2)14-7-13(15)4-3-12(14)10-18/h3-4,7,10-11H,5-6,8-9H2,1-2H3. The van der Waals surface area contributed by atoms with Crippen LogP contribution in [0.3, 0.4) is 0 Å². The number of nitrogens with zero attached hydrogens (tertiary/aromatic N) is 2. The predicted octanol–water partition coefficient (Wildman–Crippen LogP) is 2.54. The summed E-state index contributed by atoms with van der Waals surface area (Å²) < 4.78 is 0. The van der Waals surface area contributed by atoms with Crippen molar-refractivity contribution in [3.8, 4) is 0 Å². The van der Waals surface area contributed by atoms with Gasteiger partial charge in [-0.15, -0.1) is 0 Å². The van der Waals surface area contributed by atoms with Crippen molar-refractivity contribution < 1.29 is 4.79 Å². The molecule has 2 rings (SSSR count). The molecule has 18 heavy (non-hydrogen) atoms. The smallest absolute Gasteiger partial charge is 0.152 e. The van der Waals surface area contributed by atoms with Gasteiger partial charge in [-0.1, -0.05) is 11.6 Å². The summed E-state index contributed by atoms with van der Waals surface area (Å²) in [6.45, 7) is 3.25. The summed E-state index contributed by atoms with van der Waals surface area (Å²) in [6.07, 6.45) is 2.11. The second-order valence-electron chi connectivity index (χ2n) is 5.12. The molecule has 1 fully saturated rings. The average molecular weight is 267 g/mol. The van der Waals surface area contributed by atoms with E-state index >= 15 is 0 Å². The zero-order valence-corrected chi connectivity index (χ0v) is 11.7. The molecule has 1 atom stereocenters. The van der Waals surface area contributed by atoms with Crippen LogP contribution in [0.1, 0.15) is 16.8 Å². The Morgan fingerprint density at radius 2 is 2.33 bits per heavy atom. The average Bonchev–Trinajstić information content (AvgIpc) is 2.74. The Bertz CT molecular complexity index is 436. The Morgan fingerprint density at radius 1 is 1.56 bits per heavy atom. The highest BCUT2D eigenvalue weighted by Crippen LogP contribution is 2.25. The van der Waals surface area contributed by atoms with Gasteiger partial charge < -0.3 is 9.80 Å². The first-order valence-corrected chi connectivity index (χ1v) is 6.62. The van der Waals surface area contributed by atoms with Crippen LogP contribution in [-0.4, -0.2) is 44.9 Å². The third-order valence-corrected chi connectivity index (χ3v) is 3.79. The molecule has 0 N–H and O–H groups in total. The fourth-order valence-corrected chi connectivity index (χ4v) is 2.77. The van der Waals surface area contributed by atoms with E-state index in [9.17, 15) is 4.79 Å². The lowest BCUT2D eigenvalue weighted by atomic mass is 10.1. The van der Waals surface area contributed by atoms with Crippen LogP contribution in [0.25, 0.3) is 0 Å². The zero-order valence-electron chi connectivity index (χ0n) is 10.9. The lowest BCUT2D eigenvalue weighted by Crippen LogP contribution is -2.27. The molecule has 98 valence electrons. The number of halogens is 1. The maximum Gasteiger partial charge on any atom is 0.152 e. The SMILES string of the molecule is CN1CCC(CN(C)c2cc(Cl)ccc2C=O)C1. The monoisotopic (exact) mass is 266 g/mol. The topological polar surface area (TPSA) is 23.6 Å². The minimum atomic E-state index is 0.665. The molecule has 1 aliphatic heterocycles. The van der Waals surface area contributed by atoms with Crippen LogP contribution in [0.2, 0.25) is 5.02 Å². The summed E-state index contributed by atoms with van der Waals surface area (Å²) in [5.41, 5.74) is 1.63. The van der Waals surface area contributed by atoms with Crippen molar-refractivity contribution in [1.82, 2.24) is 4.90 Å². The summed E-state index contributed by atoms with van der Waals surface area (Å²) >= 11 is 6.01. The fourth-order valence-electron chi connectivity index (χ4n) is 2.61. The fraction of sp³-hybridized carbons (Fsp3) is 0.500. The Kier molecular flexibility index (Phi) is 4.25. The van der Waals surface area contributed by atoms with Crippen molar-refractivity contribution >= 4 is 23.6 Å². The molecule has 0 bridgehead atoms. The van der Waals surface area contributed by atoms with Gasteiger partial charge in [0.05, 0.1) is 0 Å². The predicted molar refractivity (Wildman–Crippen MR) is 75.7 cm³/mol. The van der Waals surface area contributed by atoms with Crippen LogP contribution in [0.4, 0.5) is 5.69 Å². The number of likely N-dealkylation sites (tertiary alicyclic amines) is 1. The Labute approximate surface area is 113 Å². The molecule has 0 aliphatic carbocycles. The molecule has 3 nitrogen and oxygen atoms in total.